The molecule has 1 saturated carbocycles. The highest BCUT2D eigenvalue weighted by atomic mass is 16.4. The van der Waals surface area contributed by atoms with Crippen molar-refractivity contribution < 1.29 is 19.5 Å². The summed E-state index contributed by atoms with van der Waals surface area (Å²) < 4.78 is 0. The summed E-state index contributed by atoms with van der Waals surface area (Å²) >= 11 is 0. The van der Waals surface area contributed by atoms with Crippen LogP contribution in [-0.2, 0) is 14.4 Å². The number of rotatable bonds is 5. The highest BCUT2D eigenvalue weighted by molar-refractivity contribution is 6.06. The Kier molecular flexibility index (Phi) is 3.38. The van der Waals surface area contributed by atoms with Crippen molar-refractivity contribution in [2.45, 2.75) is 57.7 Å². The molecule has 6 heteroatoms. The summed E-state index contributed by atoms with van der Waals surface area (Å²) in [4.78, 5) is 38.6. The Labute approximate surface area is 112 Å². The minimum Gasteiger partial charge on any atom is -0.480 e. The molecule has 1 aliphatic heterocycles. The van der Waals surface area contributed by atoms with E-state index in [0.717, 1.165) is 12.8 Å². The molecular weight excluding hydrogens is 248 g/mol. The van der Waals surface area contributed by atoms with Gasteiger partial charge in [-0.15, -0.1) is 0 Å². The molecule has 0 aromatic rings. The Hall–Kier alpha value is -1.43. The normalized spacial score (nSPS) is 24.4. The van der Waals surface area contributed by atoms with Crippen LogP contribution in [0.4, 0.5) is 0 Å². The Morgan fingerprint density at radius 1 is 1.42 bits per heavy atom. The number of likely N-dealkylation sites (tertiary alicyclic amines) is 1. The van der Waals surface area contributed by atoms with Gasteiger partial charge in [0.15, 0.2) is 0 Å². The molecule has 0 aromatic heterocycles. The maximum atomic E-state index is 12.3. The van der Waals surface area contributed by atoms with Crippen LogP contribution in [0.1, 0.15) is 40.0 Å². The maximum Gasteiger partial charge on any atom is 0.323 e. The summed E-state index contributed by atoms with van der Waals surface area (Å²) in [5.74, 6) is -1.39. The number of hydrogen-bond acceptors (Lipinski definition) is 4. The quantitative estimate of drug-likeness (QED) is 0.733. The van der Waals surface area contributed by atoms with Crippen LogP contribution in [0.25, 0.3) is 0 Å². The van der Waals surface area contributed by atoms with Crippen LogP contribution >= 0.6 is 0 Å². The second kappa shape index (κ2) is 4.59. The van der Waals surface area contributed by atoms with Gasteiger partial charge in [0.2, 0.25) is 11.8 Å². The first kappa shape index (κ1) is 14.0. The third kappa shape index (κ3) is 2.25. The highest BCUT2D eigenvalue weighted by Crippen LogP contribution is 2.34. The zero-order chi connectivity index (χ0) is 14.4. The van der Waals surface area contributed by atoms with E-state index in [1.165, 1.54) is 4.90 Å². The molecule has 19 heavy (non-hydrogen) atoms. The van der Waals surface area contributed by atoms with Gasteiger partial charge in [-0.05, 0) is 33.2 Å². The Morgan fingerprint density at radius 2 is 2.00 bits per heavy atom. The van der Waals surface area contributed by atoms with E-state index in [9.17, 15) is 19.5 Å². The molecule has 0 spiro atoms. The fourth-order valence-corrected chi connectivity index (χ4v) is 2.72. The smallest absolute Gasteiger partial charge is 0.323 e. The number of nitrogens with zero attached hydrogens (tertiary/aromatic N) is 2. The third-order valence-corrected chi connectivity index (χ3v) is 4.03. The summed E-state index contributed by atoms with van der Waals surface area (Å²) in [6.45, 7) is 5.36. The summed E-state index contributed by atoms with van der Waals surface area (Å²) in [6.07, 6.45) is 1.84. The van der Waals surface area contributed by atoms with Crippen LogP contribution in [0, 0.1) is 0 Å². The maximum absolute atomic E-state index is 12.3. The minimum absolute atomic E-state index is 0.0525. The van der Waals surface area contributed by atoms with Crippen LogP contribution in [0.2, 0.25) is 0 Å². The zero-order valence-corrected chi connectivity index (χ0v) is 11.5. The van der Waals surface area contributed by atoms with Crippen molar-refractivity contribution in [3.05, 3.63) is 0 Å². The molecule has 1 N–H and O–H groups in total. The lowest BCUT2D eigenvalue weighted by Gasteiger charge is -2.37. The molecule has 0 bridgehead atoms. The molecule has 1 atom stereocenters. The van der Waals surface area contributed by atoms with Crippen molar-refractivity contribution in [1.29, 1.82) is 0 Å². The lowest BCUT2D eigenvalue weighted by molar-refractivity contribution is -0.152. The standard InChI is InChI=1S/C13H20N2O4/c1-4-14(13(2,3)12(18)19)9-7-10(16)15(11(9)17)8-5-6-8/h8-9H,4-7H2,1-3H3,(H,18,19). The number of carbonyl (C=O) groups excluding carboxylic acids is 2. The minimum atomic E-state index is -1.16. The second-order valence-electron chi connectivity index (χ2n) is 5.70. The van der Waals surface area contributed by atoms with Gasteiger partial charge in [-0.2, -0.15) is 0 Å². The van der Waals surface area contributed by atoms with Crippen LogP contribution < -0.4 is 0 Å². The molecule has 1 heterocycles. The number of carboxylic acid groups (broad SMARTS) is 1. The van der Waals surface area contributed by atoms with E-state index >= 15 is 0 Å². The predicted octanol–water partition coefficient (Wildman–Crippen LogP) is 0.461. The van der Waals surface area contributed by atoms with Crippen LogP contribution in [0.5, 0.6) is 0 Å². The van der Waals surface area contributed by atoms with Crippen LogP contribution in [0.15, 0.2) is 0 Å². The van der Waals surface area contributed by atoms with Gasteiger partial charge in [-0.3, -0.25) is 24.2 Å². The van der Waals surface area contributed by atoms with Gasteiger partial charge in [-0.25, -0.2) is 0 Å². The molecule has 0 radical (unpaired) electrons. The Balaban J connectivity index is 2.23. The number of hydrogen-bond donors (Lipinski definition) is 1. The first-order valence-electron chi connectivity index (χ1n) is 6.66. The van der Waals surface area contributed by atoms with E-state index in [-0.39, 0.29) is 24.3 Å². The Bertz CT molecular complexity index is 428. The van der Waals surface area contributed by atoms with Crippen molar-refractivity contribution in [2.75, 3.05) is 6.54 Å². The number of likely N-dealkylation sites (N-methyl/N-ethyl adjacent to an activating group) is 1. The van der Waals surface area contributed by atoms with E-state index in [4.69, 9.17) is 0 Å². The lowest BCUT2D eigenvalue weighted by Crippen LogP contribution is -2.56. The number of imide groups is 1. The monoisotopic (exact) mass is 268 g/mol. The number of amides is 2. The summed E-state index contributed by atoms with van der Waals surface area (Å²) in [5, 5.41) is 9.29. The third-order valence-electron chi connectivity index (χ3n) is 4.03. The molecule has 106 valence electrons. The highest BCUT2D eigenvalue weighted by Gasteiger charge is 2.51. The fraction of sp³-hybridized carbons (Fsp3) is 0.769. The van der Waals surface area contributed by atoms with Gasteiger partial charge in [0.1, 0.15) is 5.54 Å². The van der Waals surface area contributed by atoms with Crippen molar-refractivity contribution in [3.8, 4) is 0 Å². The molecule has 2 aliphatic rings. The molecule has 1 unspecified atom stereocenters. The summed E-state index contributed by atoms with van der Waals surface area (Å²) in [5.41, 5.74) is -1.16. The average Bonchev–Trinajstić information content (AvgIpc) is 3.08. The van der Waals surface area contributed by atoms with E-state index in [1.54, 1.807) is 18.7 Å². The van der Waals surface area contributed by atoms with Gasteiger partial charge < -0.3 is 5.11 Å². The van der Waals surface area contributed by atoms with E-state index in [0.29, 0.717) is 6.54 Å². The fourth-order valence-electron chi connectivity index (χ4n) is 2.72. The van der Waals surface area contributed by atoms with E-state index in [1.807, 2.05) is 6.92 Å². The van der Waals surface area contributed by atoms with Crippen molar-refractivity contribution >= 4 is 17.8 Å². The van der Waals surface area contributed by atoms with E-state index in [2.05, 4.69) is 0 Å². The first-order valence-corrected chi connectivity index (χ1v) is 6.66. The molecule has 0 aromatic carbocycles. The van der Waals surface area contributed by atoms with E-state index < -0.39 is 17.6 Å². The number of carbonyl (C=O) groups is 3. The van der Waals surface area contributed by atoms with Gasteiger partial charge in [0.25, 0.3) is 0 Å². The lowest BCUT2D eigenvalue weighted by atomic mass is 9.99. The number of carboxylic acids is 1. The molecule has 2 amide bonds. The van der Waals surface area contributed by atoms with Gasteiger partial charge in [-0.1, -0.05) is 6.92 Å². The first-order chi connectivity index (χ1) is 8.80. The van der Waals surface area contributed by atoms with Gasteiger partial charge in [0, 0.05) is 6.04 Å². The van der Waals surface area contributed by atoms with Gasteiger partial charge >= 0.3 is 5.97 Å². The van der Waals surface area contributed by atoms with Crippen molar-refractivity contribution in [2.24, 2.45) is 0 Å². The van der Waals surface area contributed by atoms with Crippen LogP contribution in [0.3, 0.4) is 0 Å². The second-order valence-corrected chi connectivity index (χ2v) is 5.70. The molecule has 1 saturated heterocycles. The Morgan fingerprint density at radius 3 is 2.42 bits per heavy atom. The summed E-state index contributed by atoms with van der Waals surface area (Å²) in [7, 11) is 0. The van der Waals surface area contributed by atoms with Crippen molar-refractivity contribution in [3.63, 3.8) is 0 Å². The molecular formula is C13H20N2O4. The van der Waals surface area contributed by atoms with Crippen LogP contribution in [-0.4, -0.2) is 56.9 Å². The number of aliphatic carboxylic acids is 1. The molecule has 1 aliphatic carbocycles. The zero-order valence-electron chi connectivity index (χ0n) is 11.5. The molecule has 6 nitrogen and oxygen atoms in total. The molecule has 2 rings (SSSR count). The largest absolute Gasteiger partial charge is 0.480 e. The van der Waals surface area contributed by atoms with Gasteiger partial charge in [0.05, 0.1) is 12.5 Å². The SMILES string of the molecule is CCN(C1CC(=O)N(C2CC2)C1=O)C(C)(C)C(=O)O. The summed E-state index contributed by atoms with van der Waals surface area (Å²) in [6, 6.07) is -0.583. The topological polar surface area (TPSA) is 77.9 Å². The predicted molar refractivity (Wildman–Crippen MR) is 67.4 cm³/mol. The van der Waals surface area contributed by atoms with Crippen molar-refractivity contribution in [1.82, 2.24) is 9.80 Å². The molecule has 2 fully saturated rings. The average molecular weight is 268 g/mol.